The molecule has 0 aliphatic carbocycles. The first-order valence-electron chi connectivity index (χ1n) is 10.1. The molecule has 2 heterocycles. The van der Waals surface area contributed by atoms with E-state index in [4.69, 9.17) is 0 Å². The van der Waals surface area contributed by atoms with Crippen LogP contribution in [-0.2, 0) is 10.0 Å². The third kappa shape index (κ3) is 4.39. The Hall–Kier alpha value is -3.01. The van der Waals surface area contributed by atoms with Crippen molar-refractivity contribution in [3.8, 4) is 5.69 Å². The van der Waals surface area contributed by atoms with E-state index in [9.17, 15) is 13.2 Å². The molecule has 0 radical (unpaired) electrons. The van der Waals surface area contributed by atoms with Crippen molar-refractivity contribution >= 4 is 21.6 Å². The Bertz CT molecular complexity index is 1180. The van der Waals surface area contributed by atoms with Gasteiger partial charge in [0.05, 0.1) is 28.0 Å². The van der Waals surface area contributed by atoms with Crippen LogP contribution < -0.4 is 5.32 Å². The molecule has 31 heavy (non-hydrogen) atoms. The number of hydrogen-bond acceptors (Lipinski definition) is 5. The van der Waals surface area contributed by atoms with E-state index in [-0.39, 0.29) is 10.8 Å². The highest BCUT2D eigenvalue weighted by Crippen LogP contribution is 2.22. The topological polar surface area (TPSA) is 87.5 Å². The van der Waals surface area contributed by atoms with Crippen LogP contribution in [-0.4, -0.2) is 66.5 Å². The van der Waals surface area contributed by atoms with E-state index in [1.807, 2.05) is 44.3 Å². The molecule has 0 unspecified atom stereocenters. The Kier molecular flexibility index (Phi) is 5.90. The van der Waals surface area contributed by atoms with Gasteiger partial charge >= 0.3 is 0 Å². The van der Waals surface area contributed by atoms with Gasteiger partial charge in [0.2, 0.25) is 10.0 Å². The first-order chi connectivity index (χ1) is 14.9. The van der Waals surface area contributed by atoms with Crippen LogP contribution in [0.3, 0.4) is 0 Å². The number of anilines is 1. The normalized spacial score (nSPS) is 15.7. The Balaban J connectivity index is 1.53. The van der Waals surface area contributed by atoms with Gasteiger partial charge in [0.15, 0.2) is 0 Å². The van der Waals surface area contributed by atoms with Crippen molar-refractivity contribution in [1.82, 2.24) is 19.0 Å². The zero-order valence-corrected chi connectivity index (χ0v) is 18.3. The van der Waals surface area contributed by atoms with Crippen LogP contribution in [0.2, 0.25) is 0 Å². The predicted molar refractivity (Wildman–Crippen MR) is 119 cm³/mol. The van der Waals surface area contributed by atoms with Crippen LogP contribution in [0.15, 0.2) is 65.7 Å². The van der Waals surface area contributed by atoms with E-state index >= 15 is 0 Å². The van der Waals surface area contributed by atoms with Crippen molar-refractivity contribution in [1.29, 1.82) is 0 Å². The summed E-state index contributed by atoms with van der Waals surface area (Å²) < 4.78 is 29.2. The summed E-state index contributed by atoms with van der Waals surface area (Å²) in [6.07, 6.45) is 1.52. The first-order valence-corrected chi connectivity index (χ1v) is 11.5. The molecule has 1 amide bonds. The number of rotatable bonds is 5. The lowest BCUT2D eigenvalue weighted by molar-refractivity contribution is 0.102. The molecule has 0 saturated carbocycles. The van der Waals surface area contributed by atoms with Gasteiger partial charge in [-0.1, -0.05) is 24.3 Å². The quantitative estimate of drug-likeness (QED) is 0.660. The van der Waals surface area contributed by atoms with Crippen LogP contribution in [0.5, 0.6) is 0 Å². The molecule has 3 aromatic rings. The molecule has 1 aromatic heterocycles. The van der Waals surface area contributed by atoms with Gasteiger partial charge in [-0.2, -0.15) is 9.40 Å². The maximum atomic E-state index is 13.0. The Morgan fingerprint density at radius 1 is 1.00 bits per heavy atom. The number of carbonyl (C=O) groups excluding carboxylic acids is 1. The van der Waals surface area contributed by atoms with Crippen LogP contribution in [0.4, 0.5) is 5.69 Å². The van der Waals surface area contributed by atoms with Crippen LogP contribution in [0.1, 0.15) is 16.1 Å². The average Bonchev–Trinajstić information content (AvgIpc) is 3.16. The zero-order chi connectivity index (χ0) is 22.0. The number of nitrogens with zero attached hydrogens (tertiary/aromatic N) is 4. The van der Waals surface area contributed by atoms with Crippen molar-refractivity contribution in [3.63, 3.8) is 0 Å². The second kappa shape index (κ2) is 8.62. The lowest BCUT2D eigenvalue weighted by Crippen LogP contribution is -2.47. The molecular formula is C22H25N5O3S. The van der Waals surface area contributed by atoms with Crippen molar-refractivity contribution in [3.05, 3.63) is 72.1 Å². The molecule has 9 heteroatoms. The fourth-order valence-electron chi connectivity index (χ4n) is 3.57. The van der Waals surface area contributed by atoms with Crippen molar-refractivity contribution < 1.29 is 13.2 Å². The highest BCUT2D eigenvalue weighted by Gasteiger charge is 2.27. The molecule has 0 spiro atoms. The van der Waals surface area contributed by atoms with Crippen molar-refractivity contribution in [2.45, 2.75) is 11.8 Å². The molecule has 1 N–H and O–H groups in total. The van der Waals surface area contributed by atoms with Gasteiger partial charge in [-0.15, -0.1) is 0 Å². The maximum absolute atomic E-state index is 13.0. The summed E-state index contributed by atoms with van der Waals surface area (Å²) in [7, 11) is -1.64. The smallest absolute Gasteiger partial charge is 0.259 e. The second-order valence-corrected chi connectivity index (χ2v) is 9.52. The number of nitrogens with one attached hydrogen (secondary N) is 1. The third-order valence-electron chi connectivity index (χ3n) is 5.45. The molecule has 162 valence electrons. The predicted octanol–water partition coefficient (Wildman–Crippen LogP) is 2.37. The summed E-state index contributed by atoms with van der Waals surface area (Å²) in [5, 5.41) is 7.12. The molecule has 8 nitrogen and oxygen atoms in total. The van der Waals surface area contributed by atoms with Gasteiger partial charge in [-0.05, 0) is 44.3 Å². The number of aromatic nitrogens is 2. The van der Waals surface area contributed by atoms with E-state index in [1.165, 1.54) is 16.6 Å². The van der Waals surface area contributed by atoms with Crippen LogP contribution in [0.25, 0.3) is 5.69 Å². The maximum Gasteiger partial charge on any atom is 0.259 e. The fourth-order valence-corrected chi connectivity index (χ4v) is 5.04. The van der Waals surface area contributed by atoms with Gasteiger partial charge in [0.1, 0.15) is 0 Å². The minimum Gasteiger partial charge on any atom is -0.322 e. The van der Waals surface area contributed by atoms with E-state index in [2.05, 4.69) is 15.3 Å². The number of piperazine rings is 1. The number of likely N-dealkylation sites (N-methyl/N-ethyl adjacent to an activating group) is 1. The summed E-state index contributed by atoms with van der Waals surface area (Å²) in [6.45, 7) is 4.12. The highest BCUT2D eigenvalue weighted by atomic mass is 32.2. The number of hydrogen-bond donors (Lipinski definition) is 1. The average molecular weight is 440 g/mol. The first kappa shape index (κ1) is 21.2. The number of sulfonamides is 1. The number of para-hydroxylation sites is 1. The monoisotopic (exact) mass is 439 g/mol. The highest BCUT2D eigenvalue weighted by molar-refractivity contribution is 7.89. The van der Waals surface area contributed by atoms with Gasteiger partial charge in [-0.3, -0.25) is 4.79 Å². The summed E-state index contributed by atoms with van der Waals surface area (Å²) >= 11 is 0. The van der Waals surface area contributed by atoms with Gasteiger partial charge in [0.25, 0.3) is 5.91 Å². The number of amides is 1. The lowest BCUT2D eigenvalue weighted by atomic mass is 10.2. The molecule has 1 aliphatic rings. The second-order valence-electron chi connectivity index (χ2n) is 7.58. The summed E-state index contributed by atoms with van der Waals surface area (Å²) in [5.74, 6) is -0.339. The van der Waals surface area contributed by atoms with Crippen LogP contribution in [0, 0.1) is 6.92 Å². The van der Waals surface area contributed by atoms with Gasteiger partial charge in [-0.25, -0.2) is 13.1 Å². The number of carbonyl (C=O) groups is 1. The van der Waals surface area contributed by atoms with Crippen molar-refractivity contribution in [2.24, 2.45) is 0 Å². The van der Waals surface area contributed by atoms with Crippen molar-refractivity contribution in [2.75, 3.05) is 38.5 Å². The molecular weight excluding hydrogens is 414 g/mol. The van der Waals surface area contributed by atoms with Gasteiger partial charge < -0.3 is 10.2 Å². The van der Waals surface area contributed by atoms with E-state index in [1.54, 1.807) is 22.9 Å². The SMILES string of the molecule is Cc1c(C(=O)Nc2cccc(S(=O)(=O)N3CCN(C)CC3)c2)cnn1-c1ccccc1. The fraction of sp³-hybridized carbons (Fsp3) is 0.273. The molecule has 4 rings (SSSR count). The Morgan fingerprint density at radius 2 is 1.71 bits per heavy atom. The Morgan fingerprint density at radius 3 is 2.42 bits per heavy atom. The van der Waals surface area contributed by atoms with E-state index < -0.39 is 10.0 Å². The lowest BCUT2D eigenvalue weighted by Gasteiger charge is -2.31. The molecule has 0 bridgehead atoms. The van der Waals surface area contributed by atoms with E-state index in [0.717, 1.165) is 5.69 Å². The van der Waals surface area contributed by atoms with Gasteiger partial charge in [0, 0.05) is 31.9 Å². The minimum atomic E-state index is -3.61. The molecule has 1 saturated heterocycles. The summed E-state index contributed by atoms with van der Waals surface area (Å²) in [6, 6.07) is 15.9. The summed E-state index contributed by atoms with van der Waals surface area (Å²) in [4.78, 5) is 15.1. The van der Waals surface area contributed by atoms with Crippen LogP contribution >= 0.6 is 0 Å². The standard InChI is InChI=1S/C22H25N5O3S/c1-17-21(16-23-27(17)19-8-4-3-5-9-19)22(28)24-18-7-6-10-20(15-18)31(29,30)26-13-11-25(2)12-14-26/h3-10,15-16H,11-14H2,1-2H3,(H,24,28). The molecule has 0 atom stereocenters. The third-order valence-corrected chi connectivity index (χ3v) is 7.34. The zero-order valence-electron chi connectivity index (χ0n) is 17.5. The molecule has 2 aromatic carbocycles. The minimum absolute atomic E-state index is 0.173. The Labute approximate surface area is 182 Å². The summed E-state index contributed by atoms with van der Waals surface area (Å²) in [5.41, 5.74) is 2.41. The molecule has 1 fully saturated rings. The largest absolute Gasteiger partial charge is 0.322 e. The molecule has 1 aliphatic heterocycles. The van der Waals surface area contributed by atoms with E-state index in [0.29, 0.717) is 43.1 Å². The number of benzene rings is 2.